The van der Waals surface area contributed by atoms with Crippen LogP contribution in [0.25, 0.3) is 0 Å². The lowest BCUT2D eigenvalue weighted by atomic mass is 10.3. The standard InChI is InChI=1S/C9H12N2O3S2/c1-14-8(12)4-6-5-15-9(10-6)11-16(13)7-2-3-7/h5,7H,2-4H2,1H3,(H,10,11). The first-order valence-electron chi connectivity index (χ1n) is 4.87. The highest BCUT2D eigenvalue weighted by Crippen LogP contribution is 2.27. The normalized spacial score (nSPS) is 16.8. The summed E-state index contributed by atoms with van der Waals surface area (Å²) in [6.45, 7) is 0. The fourth-order valence-corrected chi connectivity index (χ4v) is 3.05. The Hall–Kier alpha value is -0.950. The molecule has 5 nitrogen and oxygen atoms in total. The van der Waals surface area contributed by atoms with E-state index < -0.39 is 11.0 Å². The Labute approximate surface area is 99.8 Å². The molecule has 0 amide bonds. The van der Waals surface area contributed by atoms with Gasteiger partial charge in [-0.2, -0.15) is 0 Å². The third-order valence-electron chi connectivity index (χ3n) is 2.12. The summed E-state index contributed by atoms with van der Waals surface area (Å²) in [5, 5.41) is 2.64. The molecule has 1 aliphatic carbocycles. The fourth-order valence-electron chi connectivity index (χ4n) is 1.11. The van der Waals surface area contributed by atoms with Crippen molar-refractivity contribution in [1.82, 2.24) is 4.98 Å². The zero-order valence-electron chi connectivity index (χ0n) is 8.76. The number of nitrogens with one attached hydrogen (secondary N) is 1. The number of carbonyl (C=O) groups is 1. The molecule has 1 unspecified atom stereocenters. The van der Waals surface area contributed by atoms with E-state index in [0.29, 0.717) is 10.8 Å². The molecule has 1 fully saturated rings. The molecule has 1 atom stereocenters. The topological polar surface area (TPSA) is 68.3 Å². The van der Waals surface area contributed by atoms with E-state index in [2.05, 4.69) is 14.4 Å². The van der Waals surface area contributed by atoms with Crippen molar-refractivity contribution < 1.29 is 13.7 Å². The summed E-state index contributed by atoms with van der Waals surface area (Å²) in [6, 6.07) is 0. The molecule has 0 saturated heterocycles. The Morgan fingerprint density at radius 3 is 3.12 bits per heavy atom. The molecule has 1 N–H and O–H groups in total. The predicted molar refractivity (Wildman–Crippen MR) is 62.6 cm³/mol. The van der Waals surface area contributed by atoms with Crippen molar-refractivity contribution in [3.8, 4) is 0 Å². The predicted octanol–water partition coefficient (Wildman–Crippen LogP) is 1.10. The van der Waals surface area contributed by atoms with Crippen molar-refractivity contribution in [3.63, 3.8) is 0 Å². The van der Waals surface area contributed by atoms with Crippen LogP contribution in [-0.4, -0.2) is 27.5 Å². The molecule has 0 aliphatic heterocycles. The molecule has 0 radical (unpaired) electrons. The van der Waals surface area contributed by atoms with Gasteiger partial charge in [0, 0.05) is 5.38 Å². The van der Waals surface area contributed by atoms with Crippen LogP contribution in [0.3, 0.4) is 0 Å². The average molecular weight is 260 g/mol. The lowest BCUT2D eigenvalue weighted by Crippen LogP contribution is -2.09. The van der Waals surface area contributed by atoms with E-state index in [0.717, 1.165) is 12.8 Å². The molecule has 0 bridgehead atoms. The minimum Gasteiger partial charge on any atom is -0.469 e. The Morgan fingerprint density at radius 1 is 1.75 bits per heavy atom. The van der Waals surface area contributed by atoms with Crippen LogP contribution in [0.15, 0.2) is 5.38 Å². The molecule has 1 heterocycles. The summed E-state index contributed by atoms with van der Waals surface area (Å²) in [4.78, 5) is 15.2. The van der Waals surface area contributed by atoms with E-state index in [9.17, 15) is 9.00 Å². The van der Waals surface area contributed by atoms with Gasteiger partial charge in [0.2, 0.25) is 0 Å². The molecule has 7 heteroatoms. The summed E-state index contributed by atoms with van der Waals surface area (Å²) < 4.78 is 18.9. The molecule has 88 valence electrons. The molecule has 0 aromatic carbocycles. The summed E-state index contributed by atoms with van der Waals surface area (Å²) in [5.41, 5.74) is 0.646. The van der Waals surface area contributed by atoms with Crippen molar-refractivity contribution in [2.24, 2.45) is 0 Å². The Bertz CT molecular complexity index is 415. The zero-order chi connectivity index (χ0) is 11.5. The number of ether oxygens (including phenoxy) is 1. The molecule has 1 saturated carbocycles. The average Bonchev–Trinajstić information content (AvgIpc) is 3.03. The van der Waals surface area contributed by atoms with Crippen molar-refractivity contribution in [2.75, 3.05) is 11.8 Å². The smallest absolute Gasteiger partial charge is 0.311 e. The first-order chi connectivity index (χ1) is 7.69. The minimum absolute atomic E-state index is 0.157. The lowest BCUT2D eigenvalue weighted by Gasteiger charge is -1.99. The quantitative estimate of drug-likeness (QED) is 0.805. The summed E-state index contributed by atoms with van der Waals surface area (Å²) >= 11 is 1.35. The van der Waals surface area contributed by atoms with Crippen molar-refractivity contribution in [3.05, 3.63) is 11.1 Å². The van der Waals surface area contributed by atoms with E-state index in [1.54, 1.807) is 5.38 Å². The fraction of sp³-hybridized carbons (Fsp3) is 0.556. The maximum Gasteiger partial charge on any atom is 0.311 e. The van der Waals surface area contributed by atoms with Gasteiger partial charge < -0.3 is 4.74 Å². The third-order valence-corrected chi connectivity index (χ3v) is 4.53. The second-order valence-electron chi connectivity index (χ2n) is 3.50. The highest BCUT2D eigenvalue weighted by molar-refractivity contribution is 7.87. The Kier molecular flexibility index (Phi) is 3.55. The lowest BCUT2D eigenvalue weighted by molar-refractivity contribution is -0.139. The van der Waals surface area contributed by atoms with Gasteiger partial charge in [-0.25, -0.2) is 9.19 Å². The maximum absolute atomic E-state index is 11.5. The molecule has 2 rings (SSSR count). The number of methoxy groups -OCH3 is 1. The molecular formula is C9H12N2O3S2. The van der Waals surface area contributed by atoms with Gasteiger partial charge in [-0.15, -0.1) is 11.3 Å². The van der Waals surface area contributed by atoms with Gasteiger partial charge in [-0.05, 0) is 12.8 Å². The number of anilines is 1. The molecule has 1 aliphatic rings. The van der Waals surface area contributed by atoms with E-state index in [-0.39, 0.29) is 17.6 Å². The van der Waals surface area contributed by atoms with Crippen LogP contribution in [0, 0.1) is 0 Å². The third kappa shape index (κ3) is 3.02. The summed E-state index contributed by atoms with van der Waals surface area (Å²) in [7, 11) is 0.312. The molecular weight excluding hydrogens is 248 g/mol. The van der Waals surface area contributed by atoms with Crippen LogP contribution in [0.1, 0.15) is 18.5 Å². The second-order valence-corrected chi connectivity index (χ2v) is 5.82. The largest absolute Gasteiger partial charge is 0.469 e. The van der Waals surface area contributed by atoms with Crippen molar-refractivity contribution >= 4 is 33.4 Å². The van der Waals surface area contributed by atoms with Gasteiger partial charge in [-0.1, -0.05) is 0 Å². The van der Waals surface area contributed by atoms with Gasteiger partial charge in [-0.3, -0.25) is 9.52 Å². The number of aromatic nitrogens is 1. The second kappa shape index (κ2) is 4.92. The number of thiazole rings is 1. The monoisotopic (exact) mass is 260 g/mol. The summed E-state index contributed by atoms with van der Waals surface area (Å²) in [6.07, 6.45) is 2.19. The van der Waals surface area contributed by atoms with E-state index in [1.807, 2.05) is 0 Å². The molecule has 1 aromatic heterocycles. The number of hydrogen-bond acceptors (Lipinski definition) is 5. The van der Waals surface area contributed by atoms with Crippen LogP contribution >= 0.6 is 11.3 Å². The van der Waals surface area contributed by atoms with E-state index >= 15 is 0 Å². The SMILES string of the molecule is COC(=O)Cc1csc(NS(=O)C2CC2)n1. The Balaban J connectivity index is 1.91. The number of esters is 1. The first-order valence-corrected chi connectivity index (χ1v) is 6.96. The van der Waals surface area contributed by atoms with Gasteiger partial charge in [0.1, 0.15) is 11.0 Å². The molecule has 0 spiro atoms. The molecule has 1 aromatic rings. The van der Waals surface area contributed by atoms with E-state index in [4.69, 9.17) is 0 Å². The number of rotatable bonds is 5. The van der Waals surface area contributed by atoms with Crippen LogP contribution in [0.5, 0.6) is 0 Å². The maximum atomic E-state index is 11.5. The first kappa shape index (κ1) is 11.5. The van der Waals surface area contributed by atoms with Crippen molar-refractivity contribution in [1.29, 1.82) is 0 Å². The van der Waals surface area contributed by atoms with Gasteiger partial charge in [0.25, 0.3) is 0 Å². The number of nitrogens with zero attached hydrogens (tertiary/aromatic N) is 1. The van der Waals surface area contributed by atoms with Crippen LogP contribution < -0.4 is 4.72 Å². The van der Waals surface area contributed by atoms with Crippen molar-refractivity contribution in [2.45, 2.75) is 24.5 Å². The van der Waals surface area contributed by atoms with Gasteiger partial charge in [0.15, 0.2) is 5.13 Å². The minimum atomic E-state index is -1.03. The van der Waals surface area contributed by atoms with Crippen LogP contribution in [-0.2, 0) is 26.9 Å². The number of carbonyl (C=O) groups excluding carboxylic acids is 1. The summed E-state index contributed by atoms with van der Waals surface area (Å²) in [5.74, 6) is -0.319. The Morgan fingerprint density at radius 2 is 2.50 bits per heavy atom. The van der Waals surface area contributed by atoms with E-state index in [1.165, 1.54) is 18.4 Å². The number of hydrogen-bond donors (Lipinski definition) is 1. The van der Waals surface area contributed by atoms with Crippen LogP contribution in [0.2, 0.25) is 0 Å². The van der Waals surface area contributed by atoms with Gasteiger partial charge in [0.05, 0.1) is 24.5 Å². The molecule has 16 heavy (non-hydrogen) atoms. The zero-order valence-corrected chi connectivity index (χ0v) is 10.4. The highest BCUT2D eigenvalue weighted by Gasteiger charge is 2.29. The van der Waals surface area contributed by atoms with Crippen LogP contribution in [0.4, 0.5) is 5.13 Å². The highest BCUT2D eigenvalue weighted by atomic mass is 32.2. The van der Waals surface area contributed by atoms with Gasteiger partial charge >= 0.3 is 5.97 Å².